The van der Waals surface area contributed by atoms with E-state index in [1.54, 1.807) is 18.2 Å². The smallest absolute Gasteiger partial charge is 0.267 e. The second-order valence-electron chi connectivity index (χ2n) is 5.73. The number of amides is 1. The molecule has 1 unspecified atom stereocenters. The van der Waals surface area contributed by atoms with Crippen LogP contribution in [0.3, 0.4) is 0 Å². The quantitative estimate of drug-likeness (QED) is 0.435. The highest BCUT2D eigenvalue weighted by Gasteiger charge is 2.41. The van der Waals surface area contributed by atoms with Gasteiger partial charge >= 0.3 is 0 Å². The molecule has 0 saturated carbocycles. The number of Topliss-reactive ketones (excluding diaryl/α,β-unsaturated/α-hetero) is 1. The first-order valence-electron chi connectivity index (χ1n) is 7.31. The van der Waals surface area contributed by atoms with Gasteiger partial charge in [0.15, 0.2) is 5.78 Å². The standard InChI is InChI=1S/C16H18N2O4/c19-13-9-16(6-1-7-17-10-16)22-14-4-2-11(8-12(13)14)3-5-15(20)18-21/h2-5,8,17,21H,1,6-7,9-10H2,(H,18,20). The van der Waals surface area contributed by atoms with Crippen molar-refractivity contribution >= 4 is 17.8 Å². The number of hydroxylamine groups is 1. The van der Waals surface area contributed by atoms with Crippen LogP contribution in [0.4, 0.5) is 0 Å². The predicted octanol–water partition coefficient (Wildman–Crippen LogP) is 1.29. The number of benzene rings is 1. The minimum absolute atomic E-state index is 0.0619. The summed E-state index contributed by atoms with van der Waals surface area (Å²) in [5.74, 6) is 0.0445. The third kappa shape index (κ3) is 2.88. The maximum Gasteiger partial charge on any atom is 0.267 e. The fourth-order valence-corrected chi connectivity index (χ4v) is 3.00. The lowest BCUT2D eigenvalue weighted by Crippen LogP contribution is -2.53. The Hall–Kier alpha value is -2.18. The topological polar surface area (TPSA) is 87.7 Å². The Morgan fingerprint density at radius 3 is 3.05 bits per heavy atom. The van der Waals surface area contributed by atoms with Gasteiger partial charge in [-0.05, 0) is 43.2 Å². The van der Waals surface area contributed by atoms with E-state index in [9.17, 15) is 9.59 Å². The highest BCUT2D eigenvalue weighted by atomic mass is 16.5. The number of fused-ring (bicyclic) bond motifs is 1. The van der Waals surface area contributed by atoms with Crippen LogP contribution >= 0.6 is 0 Å². The van der Waals surface area contributed by atoms with Crippen LogP contribution < -0.4 is 15.5 Å². The van der Waals surface area contributed by atoms with Gasteiger partial charge in [-0.25, -0.2) is 5.48 Å². The summed E-state index contributed by atoms with van der Waals surface area (Å²) in [6, 6.07) is 5.25. The number of nitrogens with one attached hydrogen (secondary N) is 2. The van der Waals surface area contributed by atoms with Crippen molar-refractivity contribution in [3.05, 3.63) is 35.4 Å². The molecule has 1 amide bonds. The molecule has 0 radical (unpaired) electrons. The van der Waals surface area contributed by atoms with Crippen LogP contribution in [-0.2, 0) is 4.79 Å². The molecular weight excluding hydrogens is 284 g/mol. The van der Waals surface area contributed by atoms with Crippen molar-refractivity contribution in [3.63, 3.8) is 0 Å². The molecule has 1 aromatic rings. The Labute approximate surface area is 128 Å². The highest BCUT2D eigenvalue weighted by molar-refractivity contribution is 6.01. The SMILES string of the molecule is O=C(C=Cc1ccc2c(c1)C(=O)CC1(CCCNC1)O2)NO. The first-order valence-corrected chi connectivity index (χ1v) is 7.31. The van der Waals surface area contributed by atoms with Gasteiger partial charge in [0.2, 0.25) is 0 Å². The number of carbonyl (C=O) groups excluding carboxylic acids is 2. The minimum Gasteiger partial charge on any atom is -0.485 e. The summed E-state index contributed by atoms with van der Waals surface area (Å²) in [5, 5.41) is 11.7. The predicted molar refractivity (Wildman–Crippen MR) is 79.8 cm³/mol. The lowest BCUT2D eigenvalue weighted by atomic mass is 9.84. The van der Waals surface area contributed by atoms with Crippen molar-refractivity contribution in [1.29, 1.82) is 0 Å². The van der Waals surface area contributed by atoms with Crippen molar-refractivity contribution in [2.75, 3.05) is 13.1 Å². The molecule has 0 aromatic heterocycles. The molecule has 2 aliphatic heterocycles. The molecule has 0 aliphatic carbocycles. The molecule has 2 heterocycles. The highest BCUT2D eigenvalue weighted by Crippen LogP contribution is 2.37. The van der Waals surface area contributed by atoms with Gasteiger partial charge in [0.25, 0.3) is 5.91 Å². The van der Waals surface area contributed by atoms with Crippen LogP contribution in [-0.4, -0.2) is 35.6 Å². The zero-order chi connectivity index (χ0) is 15.6. The largest absolute Gasteiger partial charge is 0.485 e. The summed E-state index contributed by atoms with van der Waals surface area (Å²) in [6.07, 6.45) is 4.98. The van der Waals surface area contributed by atoms with Gasteiger partial charge in [0.1, 0.15) is 11.4 Å². The Bertz CT molecular complexity index is 633. The Morgan fingerprint density at radius 2 is 2.32 bits per heavy atom. The molecule has 2 aliphatic rings. The molecule has 1 fully saturated rings. The number of hydrogen-bond donors (Lipinski definition) is 3. The molecule has 3 rings (SSSR count). The van der Waals surface area contributed by atoms with Crippen LogP contribution in [0.1, 0.15) is 35.2 Å². The molecule has 116 valence electrons. The second kappa shape index (κ2) is 5.90. The van der Waals surface area contributed by atoms with Crippen LogP contribution in [0.25, 0.3) is 6.08 Å². The van der Waals surface area contributed by atoms with Crippen LogP contribution in [0.2, 0.25) is 0 Å². The number of hydrogen-bond acceptors (Lipinski definition) is 5. The van der Waals surface area contributed by atoms with Gasteiger partial charge in [0.05, 0.1) is 12.0 Å². The third-order valence-corrected chi connectivity index (χ3v) is 4.08. The molecule has 3 N–H and O–H groups in total. The van der Waals surface area contributed by atoms with Gasteiger partial charge in [0, 0.05) is 12.6 Å². The second-order valence-corrected chi connectivity index (χ2v) is 5.73. The molecule has 1 aromatic carbocycles. The van der Waals surface area contributed by atoms with E-state index in [1.165, 1.54) is 17.6 Å². The van der Waals surface area contributed by atoms with Gasteiger partial charge in [-0.1, -0.05) is 6.07 Å². The third-order valence-electron chi connectivity index (χ3n) is 4.08. The minimum atomic E-state index is -0.618. The van der Waals surface area contributed by atoms with E-state index in [0.29, 0.717) is 29.8 Å². The summed E-state index contributed by atoms with van der Waals surface area (Å²) in [5.41, 5.74) is 2.35. The maximum absolute atomic E-state index is 12.5. The van der Waals surface area contributed by atoms with Crippen LogP contribution in [0.5, 0.6) is 5.75 Å². The van der Waals surface area contributed by atoms with E-state index < -0.39 is 11.5 Å². The fraction of sp³-hybridized carbons (Fsp3) is 0.375. The van der Waals surface area contributed by atoms with E-state index in [2.05, 4.69) is 5.32 Å². The zero-order valence-electron chi connectivity index (χ0n) is 12.1. The van der Waals surface area contributed by atoms with Crippen molar-refractivity contribution in [2.24, 2.45) is 0 Å². The summed E-state index contributed by atoms with van der Waals surface area (Å²) in [4.78, 5) is 23.4. The van der Waals surface area contributed by atoms with E-state index in [1.807, 2.05) is 0 Å². The molecule has 1 saturated heterocycles. The van der Waals surface area contributed by atoms with E-state index in [-0.39, 0.29) is 5.78 Å². The van der Waals surface area contributed by atoms with Crippen molar-refractivity contribution < 1.29 is 19.5 Å². The summed E-state index contributed by atoms with van der Waals surface area (Å²) in [7, 11) is 0. The van der Waals surface area contributed by atoms with Crippen molar-refractivity contribution in [3.8, 4) is 5.75 Å². The van der Waals surface area contributed by atoms with Gasteiger partial charge in [-0.15, -0.1) is 0 Å². The molecular formula is C16H18N2O4. The van der Waals surface area contributed by atoms with Crippen LogP contribution in [0.15, 0.2) is 24.3 Å². The average molecular weight is 302 g/mol. The molecule has 1 spiro atoms. The number of ether oxygens (including phenoxy) is 1. The lowest BCUT2D eigenvalue weighted by Gasteiger charge is -2.40. The summed E-state index contributed by atoms with van der Waals surface area (Å²) < 4.78 is 6.11. The summed E-state index contributed by atoms with van der Waals surface area (Å²) >= 11 is 0. The van der Waals surface area contributed by atoms with E-state index in [4.69, 9.17) is 9.94 Å². The average Bonchev–Trinajstić information content (AvgIpc) is 2.53. The van der Waals surface area contributed by atoms with E-state index in [0.717, 1.165) is 19.4 Å². The van der Waals surface area contributed by atoms with Gasteiger partial charge in [-0.2, -0.15) is 0 Å². The monoisotopic (exact) mass is 302 g/mol. The van der Waals surface area contributed by atoms with Crippen molar-refractivity contribution in [2.45, 2.75) is 24.9 Å². The Morgan fingerprint density at radius 1 is 1.45 bits per heavy atom. The first-order chi connectivity index (χ1) is 10.6. The summed E-state index contributed by atoms with van der Waals surface area (Å²) in [6.45, 7) is 1.65. The van der Waals surface area contributed by atoms with Crippen LogP contribution in [0, 0.1) is 0 Å². The number of ketones is 1. The Balaban J connectivity index is 1.85. The van der Waals surface area contributed by atoms with Crippen molar-refractivity contribution in [1.82, 2.24) is 10.8 Å². The molecule has 6 heteroatoms. The first kappa shape index (κ1) is 14.7. The molecule has 6 nitrogen and oxygen atoms in total. The van der Waals surface area contributed by atoms with Gasteiger partial charge in [-0.3, -0.25) is 14.8 Å². The molecule has 22 heavy (non-hydrogen) atoms. The lowest BCUT2D eigenvalue weighted by molar-refractivity contribution is -0.124. The van der Waals surface area contributed by atoms with E-state index >= 15 is 0 Å². The number of carbonyl (C=O) groups is 2. The molecule has 0 bridgehead atoms. The Kier molecular flexibility index (Phi) is 3.96. The zero-order valence-corrected chi connectivity index (χ0v) is 12.1. The number of piperidine rings is 1. The molecule has 1 atom stereocenters. The van der Waals surface area contributed by atoms with Gasteiger partial charge < -0.3 is 10.1 Å². The normalized spacial score (nSPS) is 24.1. The number of rotatable bonds is 2. The fourth-order valence-electron chi connectivity index (χ4n) is 3.00. The maximum atomic E-state index is 12.5.